The summed E-state index contributed by atoms with van der Waals surface area (Å²) in [5.74, 6) is 0. The van der Waals surface area contributed by atoms with Crippen LogP contribution in [-0.4, -0.2) is 0 Å². The van der Waals surface area contributed by atoms with Crippen LogP contribution in [0.1, 0.15) is 40.2 Å². The van der Waals surface area contributed by atoms with Crippen molar-refractivity contribution in [2.45, 2.75) is 34.6 Å². The molecule has 0 amide bonds. The number of fused-ring (bicyclic) bond motifs is 1. The quantitative estimate of drug-likeness (QED) is 0.550. The molecule has 0 unspecified atom stereocenters. The van der Waals surface area contributed by atoms with Crippen LogP contribution in [-0.2, 0) is 0 Å². The van der Waals surface area contributed by atoms with Gasteiger partial charge in [0.1, 0.15) is 0 Å². The largest absolute Gasteiger partial charge is 0.0622 e. The first-order valence-corrected chi connectivity index (χ1v) is 8.22. The van der Waals surface area contributed by atoms with Gasteiger partial charge >= 0.3 is 0 Å². The minimum Gasteiger partial charge on any atom is -0.0622 e. The molecule has 3 rings (SSSR count). The van der Waals surface area contributed by atoms with E-state index in [1.807, 2.05) is 0 Å². The monoisotopic (exact) mass is 300 g/mol. The van der Waals surface area contributed by atoms with Gasteiger partial charge in [0, 0.05) is 0 Å². The van der Waals surface area contributed by atoms with E-state index < -0.39 is 0 Å². The zero-order valence-electron chi connectivity index (χ0n) is 14.7. The third-order valence-corrected chi connectivity index (χ3v) is 4.72. The molecule has 116 valence electrons. The van der Waals surface area contributed by atoms with E-state index in [-0.39, 0.29) is 0 Å². The summed E-state index contributed by atoms with van der Waals surface area (Å²) in [5, 5.41) is 0. The molecular formula is C23H24. The molecule has 0 spiro atoms. The molecule has 0 N–H and O–H groups in total. The lowest BCUT2D eigenvalue weighted by Gasteiger charge is -2.15. The standard InChI is InChI=1S/C23H24/c1-15-11-17(3)22-14-21(20-9-7-6-8-10-20)13-16(2)19(5)23(22)18(4)12-15/h6-14H,1-5H3. The van der Waals surface area contributed by atoms with Crippen LogP contribution in [0.25, 0.3) is 5.57 Å². The van der Waals surface area contributed by atoms with Gasteiger partial charge in [0.05, 0.1) is 0 Å². The highest BCUT2D eigenvalue weighted by Gasteiger charge is 2.19. The summed E-state index contributed by atoms with van der Waals surface area (Å²) < 4.78 is 0. The van der Waals surface area contributed by atoms with E-state index in [4.69, 9.17) is 0 Å². The number of allylic oxidation sites excluding steroid dienone is 12. The molecule has 0 aliphatic heterocycles. The van der Waals surface area contributed by atoms with Gasteiger partial charge in [-0.15, -0.1) is 0 Å². The van der Waals surface area contributed by atoms with Gasteiger partial charge in [-0.25, -0.2) is 0 Å². The Morgan fingerprint density at radius 2 is 1.35 bits per heavy atom. The van der Waals surface area contributed by atoms with Gasteiger partial charge in [0.15, 0.2) is 0 Å². The van der Waals surface area contributed by atoms with E-state index in [1.165, 1.54) is 50.1 Å². The first-order chi connectivity index (χ1) is 11.0. The molecule has 0 saturated carbocycles. The fourth-order valence-electron chi connectivity index (χ4n) is 3.50. The summed E-state index contributed by atoms with van der Waals surface area (Å²) in [6.45, 7) is 11.1. The van der Waals surface area contributed by atoms with Crippen LogP contribution in [0.2, 0.25) is 0 Å². The summed E-state index contributed by atoms with van der Waals surface area (Å²) in [7, 11) is 0. The number of rotatable bonds is 1. The fraction of sp³-hybridized carbons (Fsp3) is 0.217. The maximum atomic E-state index is 2.35. The fourth-order valence-corrected chi connectivity index (χ4v) is 3.50. The van der Waals surface area contributed by atoms with Crippen LogP contribution in [0.4, 0.5) is 0 Å². The van der Waals surface area contributed by atoms with Gasteiger partial charge < -0.3 is 0 Å². The molecule has 0 atom stereocenters. The normalized spacial score (nSPS) is 18.5. The molecule has 0 fully saturated rings. The van der Waals surface area contributed by atoms with E-state index in [9.17, 15) is 0 Å². The lowest BCUT2D eigenvalue weighted by molar-refractivity contribution is 1.24. The van der Waals surface area contributed by atoms with Crippen molar-refractivity contribution in [1.82, 2.24) is 0 Å². The Kier molecular flexibility index (Phi) is 4.09. The summed E-state index contributed by atoms with van der Waals surface area (Å²) in [4.78, 5) is 0. The highest BCUT2D eigenvalue weighted by Crippen LogP contribution is 2.38. The second-order valence-corrected chi connectivity index (χ2v) is 6.61. The number of hydrogen-bond acceptors (Lipinski definition) is 0. The molecule has 0 radical (unpaired) electrons. The zero-order valence-corrected chi connectivity index (χ0v) is 14.7. The first kappa shape index (κ1) is 15.6. The van der Waals surface area contributed by atoms with Crippen molar-refractivity contribution in [3.8, 4) is 0 Å². The van der Waals surface area contributed by atoms with Crippen LogP contribution in [0, 0.1) is 0 Å². The van der Waals surface area contributed by atoms with Gasteiger partial charge in [-0.2, -0.15) is 0 Å². The summed E-state index contributed by atoms with van der Waals surface area (Å²) in [6, 6.07) is 10.7. The van der Waals surface area contributed by atoms with Crippen molar-refractivity contribution in [2.75, 3.05) is 0 Å². The van der Waals surface area contributed by atoms with Crippen molar-refractivity contribution in [3.05, 3.63) is 99.2 Å². The highest BCUT2D eigenvalue weighted by molar-refractivity contribution is 5.82. The maximum Gasteiger partial charge on any atom is -0.0120 e. The van der Waals surface area contributed by atoms with Gasteiger partial charge in [0.25, 0.3) is 0 Å². The zero-order chi connectivity index (χ0) is 16.6. The molecule has 1 aromatic carbocycles. The molecule has 0 saturated heterocycles. The predicted octanol–water partition coefficient (Wildman–Crippen LogP) is 6.57. The maximum absolute atomic E-state index is 2.35. The van der Waals surface area contributed by atoms with Gasteiger partial charge in [-0.3, -0.25) is 0 Å². The molecular weight excluding hydrogens is 276 g/mol. The number of hydrogen-bond donors (Lipinski definition) is 0. The van der Waals surface area contributed by atoms with Crippen molar-refractivity contribution >= 4 is 5.57 Å². The molecule has 0 aromatic heterocycles. The molecule has 0 nitrogen and oxygen atoms in total. The molecule has 1 aromatic rings. The molecule has 0 heterocycles. The van der Waals surface area contributed by atoms with Gasteiger partial charge in [-0.05, 0) is 85.3 Å². The van der Waals surface area contributed by atoms with E-state index in [2.05, 4.69) is 89.3 Å². The SMILES string of the molecule is CC1=CC(C)=C2C(=CC(c3ccccc3)=CC(C)=C2C)C(C)=C1. The van der Waals surface area contributed by atoms with E-state index in [0.29, 0.717) is 0 Å². The number of benzene rings is 1. The first-order valence-electron chi connectivity index (χ1n) is 8.22. The Balaban J connectivity index is 2.29. The van der Waals surface area contributed by atoms with Crippen LogP contribution in [0.5, 0.6) is 0 Å². The lowest BCUT2D eigenvalue weighted by Crippen LogP contribution is -1.96. The molecule has 0 bridgehead atoms. The van der Waals surface area contributed by atoms with Crippen LogP contribution in [0.3, 0.4) is 0 Å². The Hall–Kier alpha value is -2.34. The molecule has 23 heavy (non-hydrogen) atoms. The smallest absolute Gasteiger partial charge is 0.0120 e. The molecule has 0 heteroatoms. The second-order valence-electron chi connectivity index (χ2n) is 6.61. The predicted molar refractivity (Wildman–Crippen MR) is 101 cm³/mol. The van der Waals surface area contributed by atoms with Crippen LogP contribution >= 0.6 is 0 Å². The van der Waals surface area contributed by atoms with Crippen LogP contribution in [0.15, 0.2) is 93.6 Å². The van der Waals surface area contributed by atoms with Gasteiger partial charge in [-0.1, -0.05) is 54.1 Å². The minimum absolute atomic E-state index is 1.27. The van der Waals surface area contributed by atoms with E-state index >= 15 is 0 Å². The van der Waals surface area contributed by atoms with Crippen LogP contribution < -0.4 is 0 Å². The average molecular weight is 300 g/mol. The lowest BCUT2D eigenvalue weighted by atomic mass is 9.89. The third kappa shape index (κ3) is 2.94. The van der Waals surface area contributed by atoms with Gasteiger partial charge in [0.2, 0.25) is 0 Å². The molecule has 2 aliphatic carbocycles. The van der Waals surface area contributed by atoms with Crippen molar-refractivity contribution in [3.63, 3.8) is 0 Å². The summed E-state index contributed by atoms with van der Waals surface area (Å²) in [6.07, 6.45) is 9.26. The van der Waals surface area contributed by atoms with E-state index in [0.717, 1.165) is 0 Å². The highest BCUT2D eigenvalue weighted by atomic mass is 14.2. The Bertz CT molecular complexity index is 831. The second kappa shape index (κ2) is 6.04. The minimum atomic E-state index is 1.27. The van der Waals surface area contributed by atoms with Crippen molar-refractivity contribution < 1.29 is 0 Å². The summed E-state index contributed by atoms with van der Waals surface area (Å²) in [5.41, 5.74) is 12.0. The molecule has 2 aliphatic rings. The average Bonchev–Trinajstić information content (AvgIpc) is 2.71. The topological polar surface area (TPSA) is 0 Å². The van der Waals surface area contributed by atoms with E-state index in [1.54, 1.807) is 0 Å². The third-order valence-electron chi connectivity index (χ3n) is 4.72. The Labute approximate surface area is 139 Å². The van der Waals surface area contributed by atoms with Crippen molar-refractivity contribution in [2.24, 2.45) is 0 Å². The Morgan fingerprint density at radius 1 is 0.652 bits per heavy atom. The van der Waals surface area contributed by atoms with Crippen molar-refractivity contribution in [1.29, 1.82) is 0 Å². The Morgan fingerprint density at radius 3 is 2.04 bits per heavy atom. The summed E-state index contributed by atoms with van der Waals surface area (Å²) >= 11 is 0.